The molecule has 7 heteroatoms. The van der Waals surface area contributed by atoms with Gasteiger partial charge in [0.1, 0.15) is 0 Å². The summed E-state index contributed by atoms with van der Waals surface area (Å²) in [5, 5.41) is 3.09. The molecule has 1 aromatic heterocycles. The number of benzene rings is 2. The monoisotopic (exact) mass is 451 g/mol. The first-order valence-corrected chi connectivity index (χ1v) is 7.86. The molecule has 3 rings (SSSR count). The number of nitrogens with two attached hydrogens (primary N) is 1. The number of rotatable bonds is 4. The lowest BCUT2D eigenvalue weighted by Gasteiger charge is -2.08. The highest BCUT2D eigenvalue weighted by molar-refractivity contribution is 14.0. The first-order chi connectivity index (χ1) is 11.5. The maximum atomic E-state index is 12.0. The maximum absolute atomic E-state index is 12.0. The second-order valence-corrected chi connectivity index (χ2v) is 5.87. The average molecular weight is 451 g/mol. The highest BCUT2D eigenvalue weighted by atomic mass is 127. The van der Waals surface area contributed by atoms with Crippen LogP contribution in [-0.2, 0) is 6.54 Å². The number of H-pyrrole nitrogens is 1. The minimum absolute atomic E-state index is 0. The number of fused-ring (bicyclic) bond motifs is 1. The molecule has 2 aromatic carbocycles. The van der Waals surface area contributed by atoms with E-state index in [1.54, 1.807) is 4.57 Å². The number of nitrogens with one attached hydrogen (secondary N) is 2. The molecule has 4 N–H and O–H groups in total. The lowest BCUT2D eigenvalue weighted by atomic mass is 10.1. The van der Waals surface area contributed by atoms with Gasteiger partial charge in [0.05, 0.1) is 17.6 Å². The van der Waals surface area contributed by atoms with Crippen molar-refractivity contribution in [1.82, 2.24) is 9.55 Å². The molecule has 0 spiro atoms. The van der Waals surface area contributed by atoms with Gasteiger partial charge >= 0.3 is 5.69 Å². The Hall–Kier alpha value is -2.29. The predicted molar refractivity (Wildman–Crippen MR) is 114 cm³/mol. The number of aromatic amines is 1. The summed E-state index contributed by atoms with van der Waals surface area (Å²) in [6.45, 7) is 4.97. The third-order valence-corrected chi connectivity index (χ3v) is 3.78. The van der Waals surface area contributed by atoms with E-state index in [4.69, 9.17) is 5.73 Å². The fraction of sp³-hybridized carbons (Fsp3) is 0.222. The largest absolute Gasteiger partial charge is 0.370 e. The fourth-order valence-corrected chi connectivity index (χ4v) is 2.83. The molecule has 0 amide bonds. The summed E-state index contributed by atoms with van der Waals surface area (Å²) in [6.07, 6.45) is 0. The van der Waals surface area contributed by atoms with E-state index >= 15 is 0 Å². The van der Waals surface area contributed by atoms with Crippen LogP contribution >= 0.6 is 24.0 Å². The zero-order chi connectivity index (χ0) is 17.1. The quantitative estimate of drug-likeness (QED) is 0.324. The third-order valence-electron chi connectivity index (χ3n) is 3.78. The van der Waals surface area contributed by atoms with Crippen LogP contribution in [0, 0.1) is 13.8 Å². The SMILES string of the molecule is Cc1cc(C)cc(NC(N)=NCCn2c(=O)[nH]c3ccccc32)c1.I. The van der Waals surface area contributed by atoms with Crippen LogP contribution in [-0.4, -0.2) is 22.1 Å². The summed E-state index contributed by atoms with van der Waals surface area (Å²) in [7, 11) is 0. The second-order valence-electron chi connectivity index (χ2n) is 5.87. The van der Waals surface area contributed by atoms with Crippen LogP contribution in [0.5, 0.6) is 0 Å². The summed E-state index contributed by atoms with van der Waals surface area (Å²) in [5.74, 6) is 0.341. The highest BCUT2D eigenvalue weighted by Gasteiger charge is 2.05. The number of anilines is 1. The van der Waals surface area contributed by atoms with Gasteiger partial charge in [-0.2, -0.15) is 0 Å². The highest BCUT2D eigenvalue weighted by Crippen LogP contribution is 2.13. The van der Waals surface area contributed by atoms with E-state index in [2.05, 4.69) is 21.4 Å². The minimum atomic E-state index is -0.132. The number of hydrogen-bond donors (Lipinski definition) is 3. The first kappa shape index (κ1) is 19.0. The van der Waals surface area contributed by atoms with Gasteiger partial charge in [0.15, 0.2) is 5.96 Å². The molecule has 25 heavy (non-hydrogen) atoms. The van der Waals surface area contributed by atoms with E-state index in [-0.39, 0.29) is 29.7 Å². The molecule has 0 aliphatic heterocycles. The van der Waals surface area contributed by atoms with Gasteiger partial charge in [-0.05, 0) is 49.2 Å². The van der Waals surface area contributed by atoms with Gasteiger partial charge < -0.3 is 16.0 Å². The number of aliphatic imine (C=N–C) groups is 1. The van der Waals surface area contributed by atoms with Crippen molar-refractivity contribution in [3.05, 3.63) is 64.1 Å². The summed E-state index contributed by atoms with van der Waals surface area (Å²) in [6, 6.07) is 13.7. The molecule has 0 atom stereocenters. The Morgan fingerprint density at radius 1 is 1.20 bits per heavy atom. The van der Waals surface area contributed by atoms with Crippen LogP contribution < -0.4 is 16.7 Å². The number of halogens is 1. The Labute approximate surface area is 163 Å². The Bertz CT molecular complexity index is 937. The van der Waals surface area contributed by atoms with E-state index in [0.717, 1.165) is 27.8 Å². The molecule has 1 heterocycles. The smallest absolute Gasteiger partial charge is 0.326 e. The summed E-state index contributed by atoms with van der Waals surface area (Å²) in [5.41, 5.74) is 10.7. The van der Waals surface area contributed by atoms with Crippen molar-refractivity contribution >= 4 is 46.7 Å². The number of nitrogens with zero attached hydrogens (tertiary/aromatic N) is 2. The van der Waals surface area contributed by atoms with Crippen molar-refractivity contribution in [3.63, 3.8) is 0 Å². The second kappa shape index (κ2) is 8.19. The maximum Gasteiger partial charge on any atom is 0.326 e. The van der Waals surface area contributed by atoms with Gasteiger partial charge in [-0.15, -0.1) is 24.0 Å². The minimum Gasteiger partial charge on any atom is -0.370 e. The van der Waals surface area contributed by atoms with Gasteiger partial charge in [-0.3, -0.25) is 9.56 Å². The molecule has 132 valence electrons. The third kappa shape index (κ3) is 4.62. The number of aromatic nitrogens is 2. The van der Waals surface area contributed by atoms with Crippen molar-refractivity contribution in [2.24, 2.45) is 10.7 Å². The summed E-state index contributed by atoms with van der Waals surface area (Å²) >= 11 is 0. The molecule has 0 saturated carbocycles. The van der Waals surface area contributed by atoms with Crippen LogP contribution in [0.2, 0.25) is 0 Å². The van der Waals surface area contributed by atoms with E-state index in [0.29, 0.717) is 19.0 Å². The van der Waals surface area contributed by atoms with Crippen molar-refractivity contribution < 1.29 is 0 Å². The van der Waals surface area contributed by atoms with Gasteiger partial charge in [-0.25, -0.2) is 4.79 Å². The molecule has 6 nitrogen and oxygen atoms in total. The molecule has 0 saturated heterocycles. The predicted octanol–water partition coefficient (Wildman–Crippen LogP) is 2.99. The van der Waals surface area contributed by atoms with E-state index < -0.39 is 0 Å². The van der Waals surface area contributed by atoms with Crippen LogP contribution in [0.25, 0.3) is 11.0 Å². The average Bonchev–Trinajstić information content (AvgIpc) is 2.82. The van der Waals surface area contributed by atoms with Gasteiger partial charge in [-0.1, -0.05) is 18.2 Å². The van der Waals surface area contributed by atoms with Crippen molar-refractivity contribution in [3.8, 4) is 0 Å². The van der Waals surface area contributed by atoms with Crippen LogP contribution in [0.3, 0.4) is 0 Å². The Balaban J connectivity index is 0.00000225. The molecule has 0 aliphatic carbocycles. The molecular formula is C18H22IN5O. The van der Waals surface area contributed by atoms with Crippen molar-refractivity contribution in [2.75, 3.05) is 11.9 Å². The molecule has 3 aromatic rings. The van der Waals surface area contributed by atoms with Gasteiger partial charge in [0, 0.05) is 12.2 Å². The molecule has 0 bridgehead atoms. The summed E-state index contributed by atoms with van der Waals surface area (Å²) < 4.78 is 1.67. The first-order valence-electron chi connectivity index (χ1n) is 7.86. The molecular weight excluding hydrogens is 429 g/mol. The number of aryl methyl sites for hydroxylation is 2. The van der Waals surface area contributed by atoms with Crippen molar-refractivity contribution in [1.29, 1.82) is 0 Å². The Morgan fingerprint density at radius 2 is 1.88 bits per heavy atom. The summed E-state index contributed by atoms with van der Waals surface area (Å²) in [4.78, 5) is 19.1. The van der Waals surface area contributed by atoms with Crippen LogP contribution in [0.1, 0.15) is 11.1 Å². The standard InChI is InChI=1S/C18H21N5O.HI/c1-12-9-13(2)11-14(10-12)21-17(19)20-7-8-23-16-6-4-3-5-15(16)22-18(23)24;/h3-6,9-11H,7-8H2,1-2H3,(H,22,24)(H3,19,20,21);1H. The van der Waals surface area contributed by atoms with Crippen molar-refractivity contribution in [2.45, 2.75) is 20.4 Å². The number of guanidine groups is 1. The lowest BCUT2D eigenvalue weighted by Crippen LogP contribution is -2.24. The number of imidazole rings is 1. The number of para-hydroxylation sites is 2. The van der Waals surface area contributed by atoms with E-state index in [1.165, 1.54) is 0 Å². The van der Waals surface area contributed by atoms with E-state index in [1.807, 2.05) is 50.2 Å². The Morgan fingerprint density at radius 3 is 2.60 bits per heavy atom. The van der Waals surface area contributed by atoms with Gasteiger partial charge in [0.2, 0.25) is 0 Å². The lowest BCUT2D eigenvalue weighted by molar-refractivity contribution is 0.703. The molecule has 0 fully saturated rings. The normalized spacial score (nSPS) is 11.4. The Kier molecular flexibility index (Phi) is 6.24. The zero-order valence-electron chi connectivity index (χ0n) is 14.2. The number of hydrogen-bond acceptors (Lipinski definition) is 2. The van der Waals surface area contributed by atoms with Gasteiger partial charge in [0.25, 0.3) is 0 Å². The zero-order valence-corrected chi connectivity index (χ0v) is 16.6. The molecule has 0 aliphatic rings. The van der Waals surface area contributed by atoms with Crippen LogP contribution in [0.4, 0.5) is 5.69 Å². The molecule has 0 radical (unpaired) electrons. The van der Waals surface area contributed by atoms with E-state index in [9.17, 15) is 4.79 Å². The fourth-order valence-electron chi connectivity index (χ4n) is 2.83. The molecule has 0 unspecified atom stereocenters. The van der Waals surface area contributed by atoms with Crippen LogP contribution in [0.15, 0.2) is 52.3 Å². The topological polar surface area (TPSA) is 88.2 Å².